The molecule has 77 heavy (non-hydrogen) atoms. The van der Waals surface area contributed by atoms with Crippen LogP contribution in [0.2, 0.25) is 0 Å². The van der Waals surface area contributed by atoms with Crippen LogP contribution >= 0.6 is 22.7 Å². The van der Waals surface area contributed by atoms with E-state index < -0.39 is 11.6 Å². The maximum atomic E-state index is 16.5. The number of halogens is 2. The van der Waals surface area contributed by atoms with Gasteiger partial charge in [0.05, 0.1) is 11.1 Å². The summed E-state index contributed by atoms with van der Waals surface area (Å²) in [5.41, 5.74) is 9.38. The van der Waals surface area contributed by atoms with Crippen LogP contribution in [0.5, 0.6) is 0 Å². The fourth-order valence-corrected chi connectivity index (χ4v) is 14.8. The smallest absolute Gasteiger partial charge is 0.170 e. The summed E-state index contributed by atoms with van der Waals surface area (Å²) in [5.74, 6) is -1.72. The zero-order chi connectivity index (χ0) is 54.1. The predicted octanol–water partition coefficient (Wildman–Crippen LogP) is 24.1. The highest BCUT2D eigenvalue weighted by Gasteiger charge is 2.42. The van der Waals surface area contributed by atoms with E-state index in [0.717, 1.165) is 15.3 Å². The number of aryl methyl sites for hydroxylation is 3. The third kappa shape index (κ3) is 17.7. The molecule has 3 aromatic heterocycles. The molecule has 0 bridgehead atoms. The van der Waals surface area contributed by atoms with Crippen molar-refractivity contribution in [2.24, 2.45) is 7.05 Å². The first-order chi connectivity index (χ1) is 37.8. The highest BCUT2D eigenvalue weighted by Crippen LogP contribution is 2.56. The number of benzene rings is 3. The van der Waals surface area contributed by atoms with E-state index in [1.165, 1.54) is 299 Å². The Morgan fingerprint density at radius 1 is 0.403 bits per heavy atom. The molecule has 1 aliphatic rings. The molecule has 0 aliphatic heterocycles. The molecular formula is C70H101F2N3S2. The summed E-state index contributed by atoms with van der Waals surface area (Å²) in [5, 5.41) is 9.24. The van der Waals surface area contributed by atoms with E-state index in [2.05, 4.69) is 73.4 Å². The second-order valence-corrected chi connectivity index (χ2v) is 26.1. The Morgan fingerprint density at radius 3 is 1.16 bits per heavy atom. The normalized spacial score (nSPS) is 12.9. The van der Waals surface area contributed by atoms with Crippen molar-refractivity contribution in [2.75, 3.05) is 0 Å². The van der Waals surface area contributed by atoms with E-state index in [4.69, 9.17) is 0 Å². The molecule has 0 radical (unpaired) electrons. The van der Waals surface area contributed by atoms with Gasteiger partial charge in [-0.05, 0) is 84.8 Å². The zero-order valence-corrected chi connectivity index (χ0v) is 50.7. The number of aromatic nitrogens is 3. The summed E-state index contributed by atoms with van der Waals surface area (Å²) in [6.45, 7) is 8.85. The number of rotatable bonds is 41. The molecule has 1 aliphatic carbocycles. The summed E-state index contributed by atoms with van der Waals surface area (Å²) in [6, 6.07) is 22.2. The quantitative estimate of drug-likeness (QED) is 0.0358. The molecule has 3 nitrogen and oxygen atoms in total. The van der Waals surface area contributed by atoms with Crippen LogP contribution in [0.3, 0.4) is 0 Å². The number of hydrogen-bond donors (Lipinski definition) is 0. The lowest BCUT2D eigenvalue weighted by atomic mass is 9.70. The minimum Gasteiger partial charge on any atom is -0.203 e. The lowest BCUT2D eigenvalue weighted by Gasteiger charge is -2.33. The highest BCUT2D eigenvalue weighted by atomic mass is 32.1. The maximum absolute atomic E-state index is 16.5. The van der Waals surface area contributed by atoms with Gasteiger partial charge in [0.1, 0.15) is 11.0 Å². The summed E-state index contributed by atoms with van der Waals surface area (Å²) in [6.07, 6.45) is 52.3. The molecule has 0 N–H and O–H groups in total. The monoisotopic (exact) mass is 1090 g/mol. The van der Waals surface area contributed by atoms with Crippen molar-refractivity contribution in [3.63, 3.8) is 0 Å². The van der Waals surface area contributed by atoms with Gasteiger partial charge in [-0.1, -0.05) is 281 Å². The van der Waals surface area contributed by atoms with Gasteiger partial charge in [0, 0.05) is 32.0 Å². The summed E-state index contributed by atoms with van der Waals surface area (Å²) < 4.78 is 32.8. The fraction of sp³-hybridized carbons (Fsp3) is 0.629. The Labute approximate surface area is 475 Å². The summed E-state index contributed by atoms with van der Waals surface area (Å²) >= 11 is 2.97. The van der Waals surface area contributed by atoms with Gasteiger partial charge >= 0.3 is 0 Å². The maximum Gasteiger partial charge on any atom is 0.170 e. The van der Waals surface area contributed by atoms with E-state index in [1.807, 2.05) is 25.1 Å². The fourth-order valence-electron chi connectivity index (χ4n) is 12.9. The van der Waals surface area contributed by atoms with Gasteiger partial charge in [-0.3, -0.25) is 0 Å². The molecular weight excluding hydrogens is 985 g/mol. The van der Waals surface area contributed by atoms with E-state index in [1.54, 1.807) is 7.05 Å². The molecule has 3 heterocycles. The lowest BCUT2D eigenvalue weighted by Crippen LogP contribution is -2.25. The van der Waals surface area contributed by atoms with Crippen molar-refractivity contribution in [3.05, 3.63) is 93.9 Å². The highest BCUT2D eigenvalue weighted by molar-refractivity contribution is 7.19. The van der Waals surface area contributed by atoms with Crippen LogP contribution in [-0.4, -0.2) is 15.0 Å². The Bertz CT molecular complexity index is 2590. The average molecular weight is 1090 g/mol. The molecule has 0 atom stereocenters. The van der Waals surface area contributed by atoms with Gasteiger partial charge in [0.25, 0.3) is 0 Å². The minimum absolute atomic E-state index is 0.0477. The molecule has 3 aromatic carbocycles. The van der Waals surface area contributed by atoms with Crippen LogP contribution in [0.25, 0.3) is 53.5 Å². The minimum atomic E-state index is -0.862. The molecule has 0 saturated heterocycles. The molecule has 7 rings (SSSR count). The molecule has 0 fully saturated rings. The molecule has 7 heteroatoms. The van der Waals surface area contributed by atoms with Gasteiger partial charge in [-0.15, -0.1) is 22.7 Å². The van der Waals surface area contributed by atoms with Crippen molar-refractivity contribution in [1.82, 2.24) is 15.0 Å². The zero-order valence-electron chi connectivity index (χ0n) is 49.1. The Morgan fingerprint density at radius 2 is 0.753 bits per heavy atom. The number of hydrogen-bond acceptors (Lipinski definition) is 4. The molecule has 0 saturated carbocycles. The third-order valence-electron chi connectivity index (χ3n) is 17.4. The molecule has 0 unspecified atom stereocenters. The first-order valence-electron chi connectivity index (χ1n) is 31.9. The van der Waals surface area contributed by atoms with Gasteiger partial charge in [-0.2, -0.15) is 15.0 Å². The van der Waals surface area contributed by atoms with Gasteiger partial charge in [0.15, 0.2) is 11.6 Å². The van der Waals surface area contributed by atoms with Crippen molar-refractivity contribution >= 4 is 33.7 Å². The van der Waals surface area contributed by atoms with Gasteiger partial charge < -0.3 is 0 Å². The summed E-state index contributed by atoms with van der Waals surface area (Å²) in [7, 11) is 1.72. The van der Waals surface area contributed by atoms with Crippen LogP contribution < -0.4 is 0 Å². The first kappa shape index (κ1) is 61.0. The standard InChI is InChI=1S/C70H101F2N3S2/c1-6-8-10-12-14-16-18-20-22-24-26-28-30-32-34-36-38-40-50-70(51-41-39-37-35-33-31-29-27-25-23-21-19-17-15-13-11-9-7-2)59-52-54(3)42-45-57(59)58-46-44-56(53-60(58)70)61-48-49-63(77-61)65-67(72)66(71)64(62-47-43-55(4)76-62)68-69(65)74-75(5)73-68/h42-49,52-53H,6-41,50-51H2,1-5H3. The van der Waals surface area contributed by atoms with Gasteiger partial charge in [-0.25, -0.2) is 8.78 Å². The molecule has 0 spiro atoms. The third-order valence-corrected chi connectivity index (χ3v) is 19.5. The van der Waals surface area contributed by atoms with Crippen LogP contribution in [0.15, 0.2) is 60.7 Å². The predicted molar refractivity (Wildman–Crippen MR) is 333 cm³/mol. The first-order valence-corrected chi connectivity index (χ1v) is 33.5. The van der Waals surface area contributed by atoms with Crippen LogP contribution in [0.1, 0.15) is 279 Å². The van der Waals surface area contributed by atoms with E-state index in [-0.39, 0.29) is 16.5 Å². The molecule has 0 amide bonds. The number of fused-ring (bicyclic) bond motifs is 4. The Kier molecular flexibility index (Phi) is 26.3. The van der Waals surface area contributed by atoms with E-state index in [9.17, 15) is 0 Å². The second-order valence-electron chi connectivity index (χ2n) is 23.8. The van der Waals surface area contributed by atoms with E-state index >= 15 is 8.78 Å². The number of unbranched alkanes of at least 4 members (excludes halogenated alkanes) is 34. The largest absolute Gasteiger partial charge is 0.203 e. The average Bonchev–Trinajstić information content (AvgIpc) is 4.24. The van der Waals surface area contributed by atoms with Crippen molar-refractivity contribution in [3.8, 4) is 42.4 Å². The SMILES string of the molecule is CCCCCCCCCCCCCCCCCCCCC1(CCCCCCCCCCCCCCCCCCCC)c2cc(C)ccc2-c2ccc(-c3ccc(-c4c(F)c(F)c(-c5ccc(C)s5)c5nn(C)nc45)s3)cc21. The molecule has 422 valence electrons. The molecule has 6 aromatic rings. The van der Waals surface area contributed by atoms with Crippen LogP contribution in [0, 0.1) is 25.5 Å². The Hall–Kier alpha value is -3.68. The topological polar surface area (TPSA) is 30.7 Å². The van der Waals surface area contributed by atoms with E-state index in [0.29, 0.717) is 20.8 Å². The Balaban J connectivity index is 0.981. The number of thiophene rings is 2. The van der Waals surface area contributed by atoms with Crippen molar-refractivity contribution < 1.29 is 8.78 Å². The lowest BCUT2D eigenvalue weighted by molar-refractivity contribution is 0.396. The van der Waals surface area contributed by atoms with Crippen LogP contribution in [0.4, 0.5) is 8.78 Å². The van der Waals surface area contributed by atoms with Crippen molar-refractivity contribution in [2.45, 2.75) is 277 Å². The second kappa shape index (κ2) is 33.2. The number of nitrogens with zero attached hydrogens (tertiary/aromatic N) is 3. The van der Waals surface area contributed by atoms with Crippen molar-refractivity contribution in [1.29, 1.82) is 0 Å². The summed E-state index contributed by atoms with van der Waals surface area (Å²) in [4.78, 5) is 4.85. The van der Waals surface area contributed by atoms with Crippen LogP contribution in [-0.2, 0) is 12.5 Å². The van der Waals surface area contributed by atoms with Gasteiger partial charge in [0.2, 0.25) is 0 Å².